The lowest BCUT2D eigenvalue weighted by atomic mass is 10.00. The molecular weight excluding hydrogens is 1190 g/mol. The summed E-state index contributed by atoms with van der Waals surface area (Å²) in [6.07, 6.45) is 48.1. The molecule has 0 radical (unpaired) electrons. The van der Waals surface area contributed by atoms with Crippen molar-refractivity contribution in [2.24, 2.45) is 17.8 Å². The molecule has 17 nitrogen and oxygen atoms in total. The van der Waals surface area contributed by atoms with E-state index in [1.807, 2.05) is 0 Å². The van der Waals surface area contributed by atoms with Gasteiger partial charge in [0.2, 0.25) is 0 Å². The van der Waals surface area contributed by atoms with Crippen LogP contribution in [0, 0.1) is 17.8 Å². The van der Waals surface area contributed by atoms with E-state index >= 15 is 0 Å². The van der Waals surface area contributed by atoms with Crippen LogP contribution >= 0.6 is 15.6 Å². The van der Waals surface area contributed by atoms with Crippen molar-refractivity contribution in [3.63, 3.8) is 0 Å². The normalized spacial score (nSPS) is 14.7. The molecule has 0 aliphatic heterocycles. The number of ether oxygens (including phenoxy) is 4. The summed E-state index contributed by atoms with van der Waals surface area (Å²) in [5.74, 6) is 0.0461. The molecule has 4 unspecified atom stereocenters. The number of esters is 4. The minimum absolute atomic E-state index is 0.0957. The fourth-order valence-corrected chi connectivity index (χ4v) is 11.7. The molecule has 90 heavy (non-hydrogen) atoms. The maximum Gasteiger partial charge on any atom is 0.472 e. The van der Waals surface area contributed by atoms with E-state index in [2.05, 4.69) is 72.8 Å². The van der Waals surface area contributed by atoms with E-state index in [1.165, 1.54) is 122 Å². The standard InChI is InChI=1S/C71H134O17P2/c1-8-10-11-12-13-14-15-16-17-18-21-24-30-38-45-52-68(73)81-59-67(88-71(76)55-48-41-34-33-37-44-51-64(7)9-2)61-86-90(79,80)84-57-65(72)56-83-89(77,78)85-60-66(58-82-69(74)53-46-39-31-27-26-29-36-43-50-63(5)6)87-70(75)54-47-40-32-25-22-19-20-23-28-35-42-49-62(3)4/h14-17,62-67,72H,8-13,18-61H2,1-7H3,(H,77,78)(H,79,80)/b15-14-,17-16-/t64?,65?,66-,67-/m1/s1. The molecule has 0 aromatic carbocycles. The number of rotatable bonds is 67. The molecule has 0 spiro atoms. The maximum atomic E-state index is 13.0. The van der Waals surface area contributed by atoms with Gasteiger partial charge in [0, 0.05) is 25.7 Å². The molecule has 0 saturated carbocycles. The van der Waals surface area contributed by atoms with Crippen LogP contribution in [0.3, 0.4) is 0 Å². The molecule has 0 heterocycles. The number of aliphatic hydroxyl groups excluding tert-OH is 1. The average Bonchev–Trinajstić information content (AvgIpc) is 2.43. The van der Waals surface area contributed by atoms with Gasteiger partial charge in [-0.15, -0.1) is 0 Å². The van der Waals surface area contributed by atoms with Crippen molar-refractivity contribution in [2.45, 2.75) is 349 Å². The fraction of sp³-hybridized carbons (Fsp3) is 0.887. The molecule has 19 heteroatoms. The first-order chi connectivity index (χ1) is 43.3. The lowest BCUT2D eigenvalue weighted by Crippen LogP contribution is -2.30. The van der Waals surface area contributed by atoms with E-state index in [4.69, 9.17) is 37.0 Å². The van der Waals surface area contributed by atoms with Gasteiger partial charge in [-0.3, -0.25) is 37.3 Å². The van der Waals surface area contributed by atoms with Gasteiger partial charge in [0.05, 0.1) is 26.4 Å². The number of hydrogen-bond donors (Lipinski definition) is 3. The van der Waals surface area contributed by atoms with Crippen molar-refractivity contribution in [3.05, 3.63) is 24.3 Å². The van der Waals surface area contributed by atoms with Crippen LogP contribution in [0.25, 0.3) is 0 Å². The molecule has 0 amide bonds. The number of unbranched alkanes of at least 4 members (excludes halogenated alkanes) is 31. The van der Waals surface area contributed by atoms with Crippen LogP contribution in [0.5, 0.6) is 0 Å². The van der Waals surface area contributed by atoms with E-state index < -0.39 is 97.5 Å². The van der Waals surface area contributed by atoms with Crippen LogP contribution in [0.2, 0.25) is 0 Å². The number of allylic oxidation sites excluding steroid dienone is 4. The molecule has 0 aliphatic rings. The zero-order chi connectivity index (χ0) is 66.6. The van der Waals surface area contributed by atoms with Gasteiger partial charge in [-0.1, -0.05) is 278 Å². The summed E-state index contributed by atoms with van der Waals surface area (Å²) in [5.41, 5.74) is 0. The van der Waals surface area contributed by atoms with Gasteiger partial charge < -0.3 is 33.8 Å². The average molecular weight is 1320 g/mol. The summed E-state index contributed by atoms with van der Waals surface area (Å²) in [6.45, 7) is 11.7. The summed E-state index contributed by atoms with van der Waals surface area (Å²) in [5, 5.41) is 10.6. The molecule has 0 aliphatic carbocycles. The van der Waals surface area contributed by atoms with Gasteiger partial charge in [0.25, 0.3) is 0 Å². The monoisotopic (exact) mass is 1320 g/mol. The minimum atomic E-state index is -4.96. The topological polar surface area (TPSA) is 237 Å². The summed E-state index contributed by atoms with van der Waals surface area (Å²) >= 11 is 0. The van der Waals surface area contributed by atoms with Crippen molar-refractivity contribution in [2.75, 3.05) is 39.6 Å². The number of carbonyl (C=O) groups excluding carboxylic acids is 4. The zero-order valence-corrected chi connectivity index (χ0v) is 59.9. The highest BCUT2D eigenvalue weighted by molar-refractivity contribution is 7.47. The Bertz CT molecular complexity index is 1860. The first-order valence-corrected chi connectivity index (χ1v) is 39.2. The molecule has 0 fully saturated rings. The summed E-state index contributed by atoms with van der Waals surface area (Å²) < 4.78 is 68.2. The number of hydrogen-bond acceptors (Lipinski definition) is 15. The Kier molecular flexibility index (Phi) is 59.7. The fourth-order valence-electron chi connectivity index (χ4n) is 10.1. The SMILES string of the molecule is CCCCCC/C=C\C=C/CCCCCCCC(=O)OC[C@H](COP(=O)(O)OCC(O)COP(=O)(O)OC[C@@H](COC(=O)CCCCCCCCCCC(C)C)OC(=O)CCCCCCCCCCCCCC(C)C)OC(=O)CCCCCCCCC(C)CC. The van der Waals surface area contributed by atoms with Gasteiger partial charge in [0.15, 0.2) is 12.2 Å². The predicted octanol–water partition coefficient (Wildman–Crippen LogP) is 19.8. The summed E-state index contributed by atoms with van der Waals surface area (Å²) in [4.78, 5) is 72.5. The van der Waals surface area contributed by atoms with Crippen LogP contribution in [0.15, 0.2) is 24.3 Å². The molecule has 0 rings (SSSR count). The van der Waals surface area contributed by atoms with Crippen molar-refractivity contribution in [3.8, 4) is 0 Å². The molecule has 0 bridgehead atoms. The quantitative estimate of drug-likeness (QED) is 0.0169. The van der Waals surface area contributed by atoms with Crippen LogP contribution in [0.4, 0.5) is 0 Å². The molecule has 0 saturated heterocycles. The lowest BCUT2D eigenvalue weighted by Gasteiger charge is -2.21. The van der Waals surface area contributed by atoms with Crippen LogP contribution in [-0.2, 0) is 65.4 Å². The van der Waals surface area contributed by atoms with E-state index in [1.54, 1.807) is 0 Å². The van der Waals surface area contributed by atoms with Gasteiger partial charge >= 0.3 is 39.5 Å². The second-order valence-corrected chi connectivity index (χ2v) is 29.0. The van der Waals surface area contributed by atoms with E-state index in [0.29, 0.717) is 31.6 Å². The Balaban J connectivity index is 5.28. The van der Waals surface area contributed by atoms with Crippen LogP contribution < -0.4 is 0 Å². The van der Waals surface area contributed by atoms with Gasteiger partial charge in [-0.05, 0) is 69.1 Å². The third kappa shape index (κ3) is 63.0. The van der Waals surface area contributed by atoms with Gasteiger partial charge in [0.1, 0.15) is 19.3 Å². The first kappa shape index (κ1) is 87.5. The van der Waals surface area contributed by atoms with Crippen LogP contribution in [0.1, 0.15) is 331 Å². The Morgan fingerprint density at radius 1 is 0.367 bits per heavy atom. The number of aliphatic hydroxyl groups is 1. The second-order valence-electron chi connectivity index (χ2n) is 26.1. The van der Waals surface area contributed by atoms with Crippen molar-refractivity contribution in [1.29, 1.82) is 0 Å². The molecule has 6 atom stereocenters. The molecule has 3 N–H and O–H groups in total. The zero-order valence-electron chi connectivity index (χ0n) is 58.1. The van der Waals surface area contributed by atoms with E-state index in [9.17, 15) is 43.2 Å². The van der Waals surface area contributed by atoms with Crippen molar-refractivity contribution >= 4 is 39.5 Å². The Morgan fingerprint density at radius 2 is 0.656 bits per heavy atom. The molecule has 530 valence electrons. The minimum Gasteiger partial charge on any atom is -0.462 e. The number of phosphoric acid groups is 2. The largest absolute Gasteiger partial charge is 0.472 e. The Hall–Kier alpha value is -2.46. The van der Waals surface area contributed by atoms with E-state index in [-0.39, 0.29) is 25.7 Å². The molecular formula is C71H134O17P2. The highest BCUT2D eigenvalue weighted by Gasteiger charge is 2.30. The van der Waals surface area contributed by atoms with Gasteiger partial charge in [-0.2, -0.15) is 0 Å². The highest BCUT2D eigenvalue weighted by atomic mass is 31.2. The van der Waals surface area contributed by atoms with Crippen LogP contribution in [-0.4, -0.2) is 96.7 Å². The van der Waals surface area contributed by atoms with Crippen molar-refractivity contribution < 1.29 is 80.2 Å². The highest BCUT2D eigenvalue weighted by Crippen LogP contribution is 2.45. The smallest absolute Gasteiger partial charge is 0.462 e. The molecule has 0 aromatic heterocycles. The second kappa shape index (κ2) is 61.4. The third-order valence-electron chi connectivity index (χ3n) is 16.1. The van der Waals surface area contributed by atoms with Crippen molar-refractivity contribution in [1.82, 2.24) is 0 Å². The lowest BCUT2D eigenvalue weighted by molar-refractivity contribution is -0.161. The first-order valence-electron chi connectivity index (χ1n) is 36.2. The maximum absolute atomic E-state index is 13.0. The van der Waals surface area contributed by atoms with Gasteiger partial charge in [-0.25, -0.2) is 9.13 Å². The summed E-state index contributed by atoms with van der Waals surface area (Å²) in [7, 11) is -9.91. The summed E-state index contributed by atoms with van der Waals surface area (Å²) in [6, 6.07) is 0. The molecule has 0 aromatic rings. The third-order valence-corrected chi connectivity index (χ3v) is 18.0. The Morgan fingerprint density at radius 3 is 0.989 bits per heavy atom. The number of phosphoric ester groups is 2. The predicted molar refractivity (Wildman–Crippen MR) is 363 cm³/mol. The van der Waals surface area contributed by atoms with E-state index in [0.717, 1.165) is 121 Å². The number of carbonyl (C=O) groups is 4. The Labute approximate surface area is 548 Å².